The van der Waals surface area contributed by atoms with Crippen molar-refractivity contribution < 1.29 is 14.4 Å². The number of para-hydroxylation sites is 1. The standard InChI is InChI=1S/C21H23N3O3/c1-18(2)14-10-19-8-5-9-24(19)17(27)20(14,23-16(19)26)11-21(18)15(25)12-6-3-4-7-13(12)22-21/h3-4,6-7,14,22H,5,8-11H2,1-2H3,(H,23,26). The number of amides is 2. The quantitative estimate of drug-likeness (QED) is 0.734. The Kier molecular flexibility index (Phi) is 2.44. The summed E-state index contributed by atoms with van der Waals surface area (Å²) in [6, 6.07) is 7.56. The maximum atomic E-state index is 13.6. The maximum Gasteiger partial charge on any atom is 0.249 e. The molecular formula is C21H23N3O3. The zero-order valence-corrected chi connectivity index (χ0v) is 15.6. The van der Waals surface area contributed by atoms with Crippen LogP contribution in [0, 0.1) is 11.3 Å². The lowest BCUT2D eigenvalue weighted by Gasteiger charge is -2.58. The van der Waals surface area contributed by atoms with Crippen molar-refractivity contribution in [2.24, 2.45) is 11.3 Å². The zero-order chi connectivity index (χ0) is 18.8. The Morgan fingerprint density at radius 1 is 1.11 bits per heavy atom. The third-order valence-corrected chi connectivity index (χ3v) is 8.43. The third-order valence-electron chi connectivity index (χ3n) is 8.43. The summed E-state index contributed by atoms with van der Waals surface area (Å²) in [5.41, 5.74) is -1.49. The van der Waals surface area contributed by atoms with Crippen molar-refractivity contribution >= 4 is 23.3 Å². The van der Waals surface area contributed by atoms with Crippen LogP contribution < -0.4 is 10.6 Å². The average molecular weight is 365 g/mol. The molecule has 1 saturated carbocycles. The van der Waals surface area contributed by atoms with E-state index in [1.54, 1.807) is 0 Å². The second kappa shape index (κ2) is 4.21. The van der Waals surface area contributed by atoms with E-state index in [1.165, 1.54) is 0 Å². The van der Waals surface area contributed by atoms with E-state index in [0.717, 1.165) is 18.5 Å². The largest absolute Gasteiger partial charge is 0.371 e. The lowest BCUT2D eigenvalue weighted by Crippen LogP contribution is -2.81. The molecule has 6 aliphatic rings. The van der Waals surface area contributed by atoms with Gasteiger partial charge in [-0.05, 0) is 31.4 Å². The molecule has 3 spiro atoms. The molecule has 4 atom stereocenters. The highest BCUT2D eigenvalue weighted by Crippen LogP contribution is 2.66. The van der Waals surface area contributed by atoms with Crippen molar-refractivity contribution in [3.05, 3.63) is 29.8 Å². The van der Waals surface area contributed by atoms with Crippen LogP contribution in [0.4, 0.5) is 5.69 Å². The number of carbonyl (C=O) groups excluding carboxylic acids is 3. The summed E-state index contributed by atoms with van der Waals surface area (Å²) in [7, 11) is 0. The first-order valence-corrected chi connectivity index (χ1v) is 9.85. The minimum atomic E-state index is -0.975. The Labute approximate surface area is 157 Å². The fourth-order valence-corrected chi connectivity index (χ4v) is 7.02. The molecule has 1 aliphatic carbocycles. The summed E-state index contributed by atoms with van der Waals surface area (Å²) in [4.78, 5) is 42.0. The number of Topliss-reactive ketones (excluding diaryl/α,β-unsaturated/α-hetero) is 1. The number of nitrogens with zero attached hydrogens (tertiary/aromatic N) is 1. The fourth-order valence-electron chi connectivity index (χ4n) is 7.02. The van der Waals surface area contributed by atoms with Crippen LogP contribution in [0.2, 0.25) is 0 Å². The van der Waals surface area contributed by atoms with Crippen LogP contribution in [0.25, 0.3) is 0 Å². The number of nitrogens with one attached hydrogen (secondary N) is 2. The number of benzene rings is 1. The Balaban J connectivity index is 1.55. The minimum Gasteiger partial charge on any atom is -0.371 e. The van der Waals surface area contributed by atoms with E-state index >= 15 is 0 Å². The van der Waals surface area contributed by atoms with E-state index in [4.69, 9.17) is 0 Å². The van der Waals surface area contributed by atoms with Crippen LogP contribution in [-0.2, 0) is 9.59 Å². The van der Waals surface area contributed by atoms with Crippen molar-refractivity contribution in [1.29, 1.82) is 0 Å². The van der Waals surface area contributed by atoms with Crippen molar-refractivity contribution in [2.45, 2.75) is 56.1 Å². The normalized spacial score (nSPS) is 42.8. The molecule has 7 rings (SSSR count). The molecule has 6 heteroatoms. The Hall–Kier alpha value is -2.37. The summed E-state index contributed by atoms with van der Waals surface area (Å²) >= 11 is 0. The molecule has 6 nitrogen and oxygen atoms in total. The topological polar surface area (TPSA) is 78.5 Å². The van der Waals surface area contributed by atoms with Gasteiger partial charge in [0.15, 0.2) is 5.78 Å². The number of piperazine rings is 1. The van der Waals surface area contributed by atoms with Gasteiger partial charge in [0.1, 0.15) is 16.6 Å². The van der Waals surface area contributed by atoms with Gasteiger partial charge >= 0.3 is 0 Å². The highest BCUT2D eigenvalue weighted by Gasteiger charge is 2.80. The maximum absolute atomic E-state index is 13.6. The molecule has 0 aromatic heterocycles. The van der Waals surface area contributed by atoms with Crippen LogP contribution in [0.5, 0.6) is 0 Å². The smallest absolute Gasteiger partial charge is 0.249 e. The van der Waals surface area contributed by atoms with Gasteiger partial charge in [-0.3, -0.25) is 14.4 Å². The first-order valence-electron chi connectivity index (χ1n) is 9.85. The molecule has 4 unspecified atom stereocenters. The number of carbonyl (C=O) groups is 3. The number of anilines is 1. The number of piperidine rings is 2. The van der Waals surface area contributed by atoms with Gasteiger partial charge < -0.3 is 15.5 Å². The van der Waals surface area contributed by atoms with Crippen LogP contribution in [0.3, 0.4) is 0 Å². The first kappa shape index (κ1) is 15.7. The Bertz CT molecular complexity index is 956. The number of fused-ring (bicyclic) bond motifs is 2. The molecule has 4 saturated heterocycles. The second-order valence-electron chi connectivity index (χ2n) is 9.58. The molecule has 5 fully saturated rings. The molecular weight excluding hydrogens is 342 g/mol. The monoisotopic (exact) mass is 365 g/mol. The molecule has 1 aromatic carbocycles. The van der Waals surface area contributed by atoms with Crippen LogP contribution in [0.15, 0.2) is 24.3 Å². The van der Waals surface area contributed by atoms with E-state index in [1.807, 2.05) is 29.2 Å². The summed E-state index contributed by atoms with van der Waals surface area (Å²) in [6.45, 7) is 4.84. The van der Waals surface area contributed by atoms with Gasteiger partial charge in [0.2, 0.25) is 11.8 Å². The number of rotatable bonds is 0. The lowest BCUT2D eigenvalue weighted by molar-refractivity contribution is -0.175. The van der Waals surface area contributed by atoms with Crippen molar-refractivity contribution in [2.75, 3.05) is 11.9 Å². The summed E-state index contributed by atoms with van der Waals surface area (Å²) in [5.74, 6) is -0.0108. The highest BCUT2D eigenvalue weighted by molar-refractivity contribution is 6.16. The van der Waals surface area contributed by atoms with Crippen LogP contribution >= 0.6 is 0 Å². The van der Waals surface area contributed by atoms with Gasteiger partial charge in [-0.15, -0.1) is 0 Å². The molecule has 27 heavy (non-hydrogen) atoms. The number of hydrogen-bond acceptors (Lipinski definition) is 4. The molecule has 1 aromatic rings. The van der Waals surface area contributed by atoms with E-state index in [2.05, 4.69) is 24.5 Å². The molecule has 2 N–H and O–H groups in total. The summed E-state index contributed by atoms with van der Waals surface area (Å²) < 4.78 is 0. The average Bonchev–Trinajstić information content (AvgIpc) is 3.24. The summed E-state index contributed by atoms with van der Waals surface area (Å²) in [5, 5.41) is 6.65. The molecule has 140 valence electrons. The summed E-state index contributed by atoms with van der Waals surface area (Å²) in [6.07, 6.45) is 2.57. The van der Waals surface area contributed by atoms with Gasteiger partial charge in [-0.2, -0.15) is 0 Å². The fraction of sp³-hybridized carbons (Fsp3) is 0.571. The van der Waals surface area contributed by atoms with E-state index in [0.29, 0.717) is 24.9 Å². The SMILES string of the molecule is CC1(C)C2CC34CCCN3C(=O)C2(CC12Nc1ccccc1C2=O)NC4=O. The molecule has 2 amide bonds. The Morgan fingerprint density at radius 3 is 2.67 bits per heavy atom. The third kappa shape index (κ3) is 1.38. The number of ketones is 1. The number of hydrogen-bond donors (Lipinski definition) is 2. The van der Waals surface area contributed by atoms with Gasteiger partial charge in [-0.1, -0.05) is 26.0 Å². The van der Waals surface area contributed by atoms with Crippen molar-refractivity contribution in [3.8, 4) is 0 Å². The first-order chi connectivity index (χ1) is 12.8. The van der Waals surface area contributed by atoms with Crippen molar-refractivity contribution in [1.82, 2.24) is 10.2 Å². The lowest BCUT2D eigenvalue weighted by atomic mass is 9.59. The predicted molar refractivity (Wildman–Crippen MR) is 98.2 cm³/mol. The predicted octanol–water partition coefficient (Wildman–Crippen LogP) is 1.71. The van der Waals surface area contributed by atoms with Gasteiger partial charge in [0.05, 0.1) is 0 Å². The Morgan fingerprint density at radius 2 is 1.89 bits per heavy atom. The van der Waals surface area contributed by atoms with E-state index in [-0.39, 0.29) is 23.5 Å². The molecule has 0 radical (unpaired) electrons. The molecule has 2 bridgehead atoms. The highest BCUT2D eigenvalue weighted by atomic mass is 16.2. The van der Waals surface area contributed by atoms with E-state index < -0.39 is 22.0 Å². The van der Waals surface area contributed by atoms with Gasteiger partial charge in [0, 0.05) is 35.5 Å². The zero-order valence-electron chi connectivity index (χ0n) is 15.6. The van der Waals surface area contributed by atoms with Crippen LogP contribution in [-0.4, -0.2) is 45.7 Å². The second-order valence-corrected chi connectivity index (χ2v) is 9.58. The molecule has 5 heterocycles. The van der Waals surface area contributed by atoms with Gasteiger partial charge in [0.25, 0.3) is 0 Å². The van der Waals surface area contributed by atoms with Crippen molar-refractivity contribution in [3.63, 3.8) is 0 Å². The van der Waals surface area contributed by atoms with Crippen LogP contribution in [0.1, 0.15) is 49.9 Å². The molecule has 5 aliphatic heterocycles. The van der Waals surface area contributed by atoms with Gasteiger partial charge in [-0.25, -0.2) is 0 Å². The minimum absolute atomic E-state index is 0.0198. The van der Waals surface area contributed by atoms with E-state index in [9.17, 15) is 14.4 Å².